The number of fused-ring (bicyclic) bond motifs is 3. The summed E-state index contributed by atoms with van der Waals surface area (Å²) < 4.78 is 48.2. The van der Waals surface area contributed by atoms with Crippen LogP contribution in [0.5, 0.6) is 0 Å². The van der Waals surface area contributed by atoms with Crippen molar-refractivity contribution in [1.82, 2.24) is 9.88 Å². The number of nitrogens with one attached hydrogen (secondary N) is 1. The topological polar surface area (TPSA) is 43.3 Å². The van der Waals surface area contributed by atoms with E-state index in [2.05, 4.69) is 33.0 Å². The van der Waals surface area contributed by atoms with Gasteiger partial charge in [-0.05, 0) is 42.6 Å². The molecule has 29 heavy (non-hydrogen) atoms. The van der Waals surface area contributed by atoms with Crippen molar-refractivity contribution in [3.05, 3.63) is 35.5 Å². The minimum Gasteiger partial charge on any atom is -0.412 e. The third-order valence-electron chi connectivity index (χ3n) is 6.14. The van der Waals surface area contributed by atoms with Crippen LogP contribution in [0.25, 0.3) is 10.9 Å². The van der Waals surface area contributed by atoms with Crippen LogP contribution in [0.2, 0.25) is 13.1 Å². The molecule has 2 heterocycles. The van der Waals surface area contributed by atoms with E-state index in [-0.39, 0.29) is 29.4 Å². The number of aromatic nitrogens is 1. The molecular weight excluding hydrogens is 397 g/mol. The molecule has 159 valence electrons. The maximum atomic E-state index is 13.3. The summed E-state index contributed by atoms with van der Waals surface area (Å²) in [5.74, 6) is 0.00753. The van der Waals surface area contributed by atoms with Crippen LogP contribution in [0.4, 0.5) is 13.2 Å². The van der Waals surface area contributed by atoms with Crippen molar-refractivity contribution < 1.29 is 22.4 Å². The Bertz CT molecular complexity index is 919. The molecule has 0 saturated carbocycles. The molecule has 0 bridgehead atoms. The average molecular weight is 426 g/mol. The summed E-state index contributed by atoms with van der Waals surface area (Å²) >= 11 is 0. The highest BCUT2D eigenvalue weighted by atomic mass is 28.3. The van der Waals surface area contributed by atoms with Crippen molar-refractivity contribution in [3.8, 4) is 0 Å². The molecule has 1 radical (unpaired) electrons. The molecule has 2 atom stereocenters. The first-order valence-corrected chi connectivity index (χ1v) is 12.2. The highest BCUT2D eigenvalue weighted by Crippen LogP contribution is 2.42. The van der Waals surface area contributed by atoms with Crippen LogP contribution in [-0.2, 0) is 10.6 Å². The fraction of sp³-hybridized carbons (Fsp3) is 0.571. The number of halogens is 3. The number of amides is 1. The first-order chi connectivity index (χ1) is 13.3. The third-order valence-corrected chi connectivity index (χ3v) is 6.86. The van der Waals surface area contributed by atoms with Crippen LogP contribution in [0.3, 0.4) is 0 Å². The second kappa shape index (κ2) is 7.47. The zero-order valence-corrected chi connectivity index (χ0v) is 18.6. The van der Waals surface area contributed by atoms with E-state index in [1.807, 2.05) is 13.1 Å². The van der Waals surface area contributed by atoms with E-state index in [1.165, 1.54) is 6.07 Å². The molecule has 4 nitrogen and oxygen atoms in total. The van der Waals surface area contributed by atoms with Crippen molar-refractivity contribution in [2.24, 2.45) is 11.3 Å². The highest BCUT2D eigenvalue weighted by molar-refractivity contribution is 6.48. The number of carbonyl (C=O) groups excluding carboxylic acids is 1. The van der Waals surface area contributed by atoms with E-state index in [1.54, 1.807) is 10.6 Å². The van der Waals surface area contributed by atoms with Gasteiger partial charge < -0.3 is 14.3 Å². The van der Waals surface area contributed by atoms with Gasteiger partial charge in [0.05, 0.1) is 17.7 Å². The number of alkyl halides is 3. The van der Waals surface area contributed by atoms with Gasteiger partial charge >= 0.3 is 6.18 Å². The number of hydrogen-bond donors (Lipinski definition) is 1. The van der Waals surface area contributed by atoms with Gasteiger partial charge in [0.2, 0.25) is 9.04 Å². The second-order valence-electron chi connectivity index (χ2n) is 8.87. The molecule has 0 fully saturated rings. The molecule has 1 aromatic heterocycles. The van der Waals surface area contributed by atoms with E-state index < -0.39 is 20.8 Å². The van der Waals surface area contributed by atoms with Crippen LogP contribution >= 0.6 is 0 Å². The van der Waals surface area contributed by atoms with E-state index in [9.17, 15) is 18.0 Å². The smallest absolute Gasteiger partial charge is 0.412 e. The summed E-state index contributed by atoms with van der Waals surface area (Å²) in [7, 11) is -1.09. The van der Waals surface area contributed by atoms with Crippen molar-refractivity contribution >= 4 is 25.9 Å². The maximum Gasteiger partial charge on any atom is 0.416 e. The van der Waals surface area contributed by atoms with E-state index in [0.29, 0.717) is 23.1 Å². The Hall–Kier alpha value is -1.80. The number of hydrogen-bond acceptors (Lipinski definition) is 2. The van der Waals surface area contributed by atoms with Gasteiger partial charge in [-0.25, -0.2) is 0 Å². The number of nitrogens with zero attached hydrogens (tertiary/aromatic N) is 1. The van der Waals surface area contributed by atoms with Gasteiger partial charge in [0.25, 0.3) is 5.91 Å². The highest BCUT2D eigenvalue weighted by Gasteiger charge is 2.43. The lowest BCUT2D eigenvalue weighted by Gasteiger charge is -2.45. The van der Waals surface area contributed by atoms with Gasteiger partial charge in [-0.15, -0.1) is 0 Å². The SMILES string of the molecule is CC(C)C(C)(C)C(O[Si](C)C)[C@@H]1CNC(=O)c2cc3ccc(C(F)(F)F)cc3n21. The molecule has 2 aromatic rings. The van der Waals surface area contributed by atoms with Gasteiger partial charge in [-0.3, -0.25) is 4.79 Å². The molecule has 1 aliphatic rings. The Morgan fingerprint density at radius 1 is 1.21 bits per heavy atom. The minimum atomic E-state index is -4.44. The molecule has 1 N–H and O–H groups in total. The van der Waals surface area contributed by atoms with E-state index in [0.717, 1.165) is 12.1 Å². The second-order valence-corrected chi connectivity index (χ2v) is 10.9. The Morgan fingerprint density at radius 2 is 1.86 bits per heavy atom. The molecule has 1 aliphatic heterocycles. The molecule has 0 aliphatic carbocycles. The van der Waals surface area contributed by atoms with Crippen LogP contribution in [0.1, 0.15) is 49.8 Å². The Kier molecular flexibility index (Phi) is 5.64. The van der Waals surface area contributed by atoms with Gasteiger partial charge in [0.15, 0.2) is 0 Å². The van der Waals surface area contributed by atoms with Gasteiger partial charge in [0, 0.05) is 17.4 Å². The summed E-state index contributed by atoms with van der Waals surface area (Å²) in [4.78, 5) is 12.5. The Balaban J connectivity index is 2.22. The summed E-state index contributed by atoms with van der Waals surface area (Å²) in [5, 5.41) is 3.53. The van der Waals surface area contributed by atoms with Crippen molar-refractivity contribution in [1.29, 1.82) is 0 Å². The zero-order valence-electron chi connectivity index (χ0n) is 17.6. The summed E-state index contributed by atoms with van der Waals surface area (Å²) in [6, 6.07) is 5.02. The average Bonchev–Trinajstić information content (AvgIpc) is 2.99. The maximum absolute atomic E-state index is 13.3. The lowest BCUT2D eigenvalue weighted by atomic mass is 9.73. The molecule has 0 saturated heterocycles. The normalized spacial score (nSPS) is 19.0. The van der Waals surface area contributed by atoms with E-state index in [4.69, 9.17) is 4.43 Å². The lowest BCUT2D eigenvalue weighted by molar-refractivity contribution is -0.137. The number of benzene rings is 1. The molecule has 1 unspecified atom stereocenters. The standard InChI is InChI=1S/C21H28F3N2O2Si/c1-12(2)20(3,4)18(28-29(5)6)17-11-25-19(27)16-9-13-7-8-14(21(22,23)24)10-15(13)26(16)17/h7-10,12,17-18H,11H2,1-6H3,(H,25,27)/t17-,18?/m0/s1. The fourth-order valence-electron chi connectivity index (χ4n) is 3.86. The largest absolute Gasteiger partial charge is 0.416 e. The van der Waals surface area contributed by atoms with Crippen LogP contribution in [-0.4, -0.2) is 32.2 Å². The minimum absolute atomic E-state index is 0.246. The molecule has 1 amide bonds. The Labute approximate surface area is 171 Å². The van der Waals surface area contributed by atoms with Crippen molar-refractivity contribution in [3.63, 3.8) is 0 Å². The number of carbonyl (C=O) groups is 1. The zero-order chi connectivity index (χ0) is 21.7. The van der Waals surface area contributed by atoms with Crippen LogP contribution in [0.15, 0.2) is 24.3 Å². The Morgan fingerprint density at radius 3 is 2.41 bits per heavy atom. The quantitative estimate of drug-likeness (QED) is 0.664. The molecule has 0 spiro atoms. The molecule has 1 aromatic carbocycles. The van der Waals surface area contributed by atoms with Crippen molar-refractivity contribution in [2.45, 2.75) is 59.1 Å². The first kappa shape index (κ1) is 21.9. The van der Waals surface area contributed by atoms with Crippen molar-refractivity contribution in [2.75, 3.05) is 6.54 Å². The van der Waals surface area contributed by atoms with Gasteiger partial charge in [-0.1, -0.05) is 33.8 Å². The molecular formula is C21H28F3N2O2Si. The predicted molar refractivity (Wildman–Crippen MR) is 109 cm³/mol. The summed E-state index contributed by atoms with van der Waals surface area (Å²) in [5.41, 5.74) is -0.162. The predicted octanol–water partition coefficient (Wildman–Crippen LogP) is 5.26. The summed E-state index contributed by atoms with van der Waals surface area (Å²) in [6.07, 6.45) is -4.70. The van der Waals surface area contributed by atoms with Crippen LogP contribution < -0.4 is 5.32 Å². The van der Waals surface area contributed by atoms with Gasteiger partial charge in [-0.2, -0.15) is 13.2 Å². The van der Waals surface area contributed by atoms with Gasteiger partial charge in [0.1, 0.15) is 5.69 Å². The fourth-order valence-corrected chi connectivity index (χ4v) is 4.83. The summed E-state index contributed by atoms with van der Waals surface area (Å²) in [6.45, 7) is 12.9. The molecule has 8 heteroatoms. The molecule has 3 rings (SSSR count). The van der Waals surface area contributed by atoms with Crippen LogP contribution in [0, 0.1) is 11.3 Å². The number of rotatable bonds is 5. The lowest BCUT2D eigenvalue weighted by Crippen LogP contribution is -2.51. The van der Waals surface area contributed by atoms with E-state index >= 15 is 0 Å². The first-order valence-electron chi connectivity index (χ1n) is 9.81. The third kappa shape index (κ3) is 3.96. The monoisotopic (exact) mass is 425 g/mol.